The summed E-state index contributed by atoms with van der Waals surface area (Å²) in [5.41, 5.74) is 3.60. The Hall–Kier alpha value is -1.90. The summed E-state index contributed by atoms with van der Waals surface area (Å²) in [5, 5.41) is 1.20. The van der Waals surface area contributed by atoms with Crippen molar-refractivity contribution in [1.29, 1.82) is 0 Å². The maximum atomic E-state index is 12.9. The zero-order valence-electron chi connectivity index (χ0n) is 17.8. The third-order valence-electron chi connectivity index (χ3n) is 6.32. The molecule has 7 nitrogen and oxygen atoms in total. The molecule has 2 aliphatic rings. The number of hydrogen-bond donors (Lipinski definition) is 1. The molecule has 0 saturated carbocycles. The monoisotopic (exact) mass is 432 g/mol. The third kappa shape index (κ3) is 4.55. The summed E-state index contributed by atoms with van der Waals surface area (Å²) in [6, 6.07) is 8.25. The van der Waals surface area contributed by atoms with Gasteiger partial charge in [-0.25, -0.2) is 8.42 Å². The topological polar surface area (TPSA) is 76.7 Å². The van der Waals surface area contributed by atoms with Crippen LogP contribution in [0.1, 0.15) is 37.4 Å². The van der Waals surface area contributed by atoms with Crippen LogP contribution in [0, 0.1) is 0 Å². The predicted molar refractivity (Wildman–Crippen MR) is 119 cm³/mol. The number of H-pyrrole nitrogens is 1. The highest BCUT2D eigenvalue weighted by Gasteiger charge is 2.29. The van der Waals surface area contributed by atoms with Crippen LogP contribution in [0.15, 0.2) is 24.3 Å². The number of unbranched alkanes of at least 4 members (excludes halogenated alkanes) is 2. The first-order valence-corrected chi connectivity index (χ1v) is 12.7. The molecule has 0 radical (unpaired) electrons. The Labute approximate surface area is 179 Å². The molecule has 164 valence electrons. The Kier molecular flexibility index (Phi) is 6.46. The van der Waals surface area contributed by atoms with E-state index in [1.807, 2.05) is 17.0 Å². The zero-order chi connectivity index (χ0) is 21.1. The largest absolute Gasteiger partial charge is 0.358 e. The zero-order valence-corrected chi connectivity index (χ0v) is 18.6. The van der Waals surface area contributed by atoms with Gasteiger partial charge in [-0.3, -0.25) is 9.69 Å². The van der Waals surface area contributed by atoms with Crippen LogP contribution in [-0.2, 0) is 27.8 Å². The molecule has 1 N–H and O–H groups in total. The van der Waals surface area contributed by atoms with Crippen molar-refractivity contribution in [1.82, 2.24) is 19.1 Å². The highest BCUT2D eigenvalue weighted by molar-refractivity contribution is 7.89. The number of para-hydroxylation sites is 1. The molecule has 0 spiro atoms. The fourth-order valence-corrected chi connectivity index (χ4v) is 6.05. The molecule has 0 unspecified atom stereocenters. The van der Waals surface area contributed by atoms with E-state index < -0.39 is 10.0 Å². The van der Waals surface area contributed by atoms with E-state index in [0.717, 1.165) is 37.7 Å². The third-order valence-corrected chi connectivity index (χ3v) is 8.28. The minimum atomic E-state index is -3.17. The molecule has 1 fully saturated rings. The summed E-state index contributed by atoms with van der Waals surface area (Å²) in [5.74, 6) is 0.366. The van der Waals surface area contributed by atoms with Gasteiger partial charge in [-0.1, -0.05) is 38.0 Å². The smallest absolute Gasteiger partial charge is 0.237 e. The number of fused-ring (bicyclic) bond motifs is 3. The molecule has 0 atom stereocenters. The molecule has 4 rings (SSSR count). The van der Waals surface area contributed by atoms with Crippen molar-refractivity contribution in [2.24, 2.45) is 0 Å². The van der Waals surface area contributed by atoms with Crippen molar-refractivity contribution < 1.29 is 13.2 Å². The van der Waals surface area contributed by atoms with Gasteiger partial charge in [0.1, 0.15) is 0 Å². The summed E-state index contributed by atoms with van der Waals surface area (Å²) in [4.78, 5) is 20.4. The lowest BCUT2D eigenvalue weighted by molar-refractivity contribution is -0.133. The van der Waals surface area contributed by atoms with Crippen molar-refractivity contribution in [3.05, 3.63) is 35.5 Å². The quantitative estimate of drug-likeness (QED) is 0.681. The second kappa shape index (κ2) is 9.08. The van der Waals surface area contributed by atoms with Gasteiger partial charge in [-0.15, -0.1) is 0 Å². The van der Waals surface area contributed by atoms with Gasteiger partial charge in [0.25, 0.3) is 0 Å². The summed E-state index contributed by atoms with van der Waals surface area (Å²) in [6.07, 6.45) is 3.53. The van der Waals surface area contributed by atoms with Gasteiger partial charge in [0.05, 0.1) is 12.3 Å². The number of nitrogens with zero attached hydrogens (tertiary/aromatic N) is 3. The molecule has 0 aliphatic carbocycles. The Morgan fingerprint density at radius 1 is 1.07 bits per heavy atom. The SMILES string of the molecule is CCCCCS(=O)(=O)N1CCN(CC(=O)N2CCc3[nH]c4ccccc4c3C2)CC1. The average Bonchev–Trinajstić information content (AvgIpc) is 3.12. The van der Waals surface area contributed by atoms with Crippen LogP contribution >= 0.6 is 0 Å². The van der Waals surface area contributed by atoms with E-state index in [1.54, 1.807) is 4.31 Å². The van der Waals surface area contributed by atoms with Crippen molar-refractivity contribution in [3.8, 4) is 0 Å². The van der Waals surface area contributed by atoms with E-state index in [2.05, 4.69) is 28.9 Å². The number of nitrogens with one attached hydrogen (secondary N) is 1. The van der Waals surface area contributed by atoms with E-state index in [4.69, 9.17) is 0 Å². The van der Waals surface area contributed by atoms with Crippen LogP contribution in [0.5, 0.6) is 0 Å². The number of benzene rings is 1. The Morgan fingerprint density at radius 3 is 2.60 bits per heavy atom. The number of piperazine rings is 1. The Morgan fingerprint density at radius 2 is 1.83 bits per heavy atom. The molecular weight excluding hydrogens is 400 g/mol. The lowest BCUT2D eigenvalue weighted by Gasteiger charge is -2.35. The Bertz CT molecular complexity index is 993. The number of sulfonamides is 1. The van der Waals surface area contributed by atoms with Gasteiger partial charge in [0, 0.05) is 67.8 Å². The standard InChI is InChI=1S/C22H32N4O3S/c1-2-3-6-15-30(28,29)26-13-11-24(12-14-26)17-22(27)25-10-9-21-19(16-25)18-7-4-5-8-20(18)23-21/h4-5,7-8,23H,2-3,6,9-17H2,1H3. The molecule has 2 aliphatic heterocycles. The molecule has 3 heterocycles. The highest BCUT2D eigenvalue weighted by Crippen LogP contribution is 2.27. The lowest BCUT2D eigenvalue weighted by atomic mass is 10.0. The van der Waals surface area contributed by atoms with Crippen molar-refractivity contribution in [3.63, 3.8) is 0 Å². The fraction of sp³-hybridized carbons (Fsp3) is 0.591. The fourth-order valence-electron chi connectivity index (χ4n) is 4.50. The Balaban J connectivity index is 1.30. The van der Waals surface area contributed by atoms with Crippen LogP contribution in [-0.4, -0.2) is 78.4 Å². The molecule has 2 aromatic rings. The predicted octanol–water partition coefficient (Wildman–Crippen LogP) is 2.19. The van der Waals surface area contributed by atoms with Gasteiger partial charge >= 0.3 is 0 Å². The second-order valence-corrected chi connectivity index (χ2v) is 10.5. The second-order valence-electron chi connectivity index (χ2n) is 8.39. The highest BCUT2D eigenvalue weighted by atomic mass is 32.2. The molecule has 1 aromatic carbocycles. The number of carbonyl (C=O) groups excluding carboxylic acids is 1. The first-order chi connectivity index (χ1) is 14.5. The summed E-state index contributed by atoms with van der Waals surface area (Å²) in [7, 11) is -3.17. The molecule has 8 heteroatoms. The molecular formula is C22H32N4O3S. The number of aromatic nitrogens is 1. The van der Waals surface area contributed by atoms with Crippen LogP contribution in [0.25, 0.3) is 10.9 Å². The maximum Gasteiger partial charge on any atom is 0.237 e. The average molecular weight is 433 g/mol. The van der Waals surface area contributed by atoms with Crippen LogP contribution in [0.2, 0.25) is 0 Å². The number of rotatable bonds is 7. The van der Waals surface area contributed by atoms with Gasteiger partial charge in [0.2, 0.25) is 15.9 Å². The van der Waals surface area contributed by atoms with E-state index in [0.29, 0.717) is 39.3 Å². The van der Waals surface area contributed by atoms with E-state index >= 15 is 0 Å². The molecule has 1 saturated heterocycles. The number of amides is 1. The lowest BCUT2D eigenvalue weighted by Crippen LogP contribution is -2.52. The molecule has 1 aromatic heterocycles. The van der Waals surface area contributed by atoms with Crippen LogP contribution in [0.4, 0.5) is 0 Å². The van der Waals surface area contributed by atoms with Gasteiger partial charge in [0.15, 0.2) is 0 Å². The first-order valence-electron chi connectivity index (χ1n) is 11.0. The van der Waals surface area contributed by atoms with Gasteiger partial charge in [-0.2, -0.15) is 4.31 Å². The van der Waals surface area contributed by atoms with Gasteiger partial charge < -0.3 is 9.88 Å². The van der Waals surface area contributed by atoms with Crippen molar-refractivity contribution in [2.75, 3.05) is 45.0 Å². The van der Waals surface area contributed by atoms with Crippen LogP contribution in [0.3, 0.4) is 0 Å². The number of hydrogen-bond acceptors (Lipinski definition) is 4. The molecule has 0 bridgehead atoms. The van der Waals surface area contributed by atoms with Crippen molar-refractivity contribution in [2.45, 2.75) is 39.2 Å². The minimum absolute atomic E-state index is 0.130. The van der Waals surface area contributed by atoms with E-state index in [1.165, 1.54) is 16.6 Å². The van der Waals surface area contributed by atoms with E-state index in [9.17, 15) is 13.2 Å². The number of aromatic amines is 1. The molecule has 30 heavy (non-hydrogen) atoms. The van der Waals surface area contributed by atoms with Gasteiger partial charge in [-0.05, 0) is 12.5 Å². The maximum absolute atomic E-state index is 12.9. The molecule has 1 amide bonds. The normalized spacial score (nSPS) is 18.6. The first kappa shape index (κ1) is 21.3. The number of carbonyl (C=O) groups is 1. The summed E-state index contributed by atoms with van der Waals surface area (Å²) in [6.45, 7) is 6.00. The summed E-state index contributed by atoms with van der Waals surface area (Å²) >= 11 is 0. The van der Waals surface area contributed by atoms with Crippen LogP contribution < -0.4 is 0 Å². The van der Waals surface area contributed by atoms with Crippen molar-refractivity contribution >= 4 is 26.8 Å². The summed E-state index contributed by atoms with van der Waals surface area (Å²) < 4.78 is 26.5. The van der Waals surface area contributed by atoms with E-state index in [-0.39, 0.29) is 11.7 Å². The minimum Gasteiger partial charge on any atom is -0.358 e.